The van der Waals surface area contributed by atoms with Gasteiger partial charge in [-0.15, -0.1) is 11.3 Å². The number of thiophene rings is 1. The molecule has 0 saturated heterocycles. The second-order valence-corrected chi connectivity index (χ2v) is 6.90. The number of halogens is 1. The minimum Gasteiger partial charge on any atom is -0.493 e. The first-order valence-electron chi connectivity index (χ1n) is 6.58. The van der Waals surface area contributed by atoms with Crippen molar-refractivity contribution in [1.82, 2.24) is 5.32 Å². The molecule has 0 aliphatic heterocycles. The van der Waals surface area contributed by atoms with Gasteiger partial charge in [0.1, 0.15) is 6.61 Å². The zero-order chi connectivity index (χ0) is 15.9. The maximum absolute atomic E-state index is 12.2. The smallest absolute Gasteiger partial charge is 0.251 e. The molecule has 1 heterocycles. The van der Waals surface area contributed by atoms with E-state index in [1.54, 1.807) is 42.7 Å². The van der Waals surface area contributed by atoms with Crippen LogP contribution in [0.2, 0.25) is 0 Å². The van der Waals surface area contributed by atoms with Crippen molar-refractivity contribution in [1.29, 1.82) is 0 Å². The molecule has 22 heavy (non-hydrogen) atoms. The van der Waals surface area contributed by atoms with Gasteiger partial charge in [0, 0.05) is 10.4 Å². The molecule has 2 rings (SSSR count). The number of nitrogens with one attached hydrogen (secondary N) is 1. The predicted molar refractivity (Wildman–Crippen MR) is 91.9 cm³/mol. The molecule has 0 spiro atoms. The number of carbonyl (C=O) groups is 1. The molecular formula is C16H16BrNO3S. The summed E-state index contributed by atoms with van der Waals surface area (Å²) in [5.41, 5.74) is 0.526. The Morgan fingerprint density at radius 1 is 1.36 bits per heavy atom. The van der Waals surface area contributed by atoms with Gasteiger partial charge in [0.25, 0.3) is 5.91 Å². The third-order valence-electron chi connectivity index (χ3n) is 2.83. The molecule has 0 aliphatic carbocycles. The number of hydrogen-bond donors (Lipinski definition) is 1. The first-order valence-corrected chi connectivity index (χ1v) is 8.19. The number of benzene rings is 1. The standard InChI is InChI=1S/C16H16BrNO3S/c1-3-8-21-13-6-4-11(9-14(13)20-2)16(19)18-10-12-5-7-15(17)22-12/h3-7,9H,1,8,10H2,2H3,(H,18,19). The van der Waals surface area contributed by atoms with Crippen molar-refractivity contribution >= 4 is 33.2 Å². The van der Waals surface area contributed by atoms with E-state index in [1.165, 1.54) is 0 Å². The van der Waals surface area contributed by atoms with E-state index in [9.17, 15) is 4.79 Å². The molecule has 116 valence electrons. The fourth-order valence-corrected chi connectivity index (χ4v) is 3.22. The first kappa shape index (κ1) is 16.6. The summed E-state index contributed by atoms with van der Waals surface area (Å²) in [5, 5.41) is 2.88. The van der Waals surface area contributed by atoms with E-state index in [1.807, 2.05) is 12.1 Å². The third kappa shape index (κ3) is 4.35. The van der Waals surface area contributed by atoms with Crippen molar-refractivity contribution in [2.75, 3.05) is 13.7 Å². The summed E-state index contributed by atoms with van der Waals surface area (Å²) in [6.45, 7) is 4.48. The van der Waals surface area contributed by atoms with Crippen LogP contribution in [-0.2, 0) is 6.54 Å². The van der Waals surface area contributed by atoms with E-state index in [2.05, 4.69) is 27.8 Å². The van der Waals surface area contributed by atoms with Crippen molar-refractivity contribution in [2.24, 2.45) is 0 Å². The van der Waals surface area contributed by atoms with Crippen molar-refractivity contribution in [3.63, 3.8) is 0 Å². The molecular weight excluding hydrogens is 366 g/mol. The Balaban J connectivity index is 2.04. The zero-order valence-corrected chi connectivity index (χ0v) is 14.5. The van der Waals surface area contributed by atoms with Gasteiger partial charge in [0.05, 0.1) is 17.4 Å². The molecule has 0 unspecified atom stereocenters. The average molecular weight is 382 g/mol. The Morgan fingerprint density at radius 2 is 2.18 bits per heavy atom. The fraction of sp³-hybridized carbons (Fsp3) is 0.188. The largest absolute Gasteiger partial charge is 0.493 e. The van der Waals surface area contributed by atoms with Gasteiger partial charge in [-0.05, 0) is 46.3 Å². The zero-order valence-electron chi connectivity index (χ0n) is 12.1. The molecule has 6 heteroatoms. The minimum atomic E-state index is -0.155. The molecule has 0 radical (unpaired) electrons. The van der Waals surface area contributed by atoms with Gasteiger partial charge >= 0.3 is 0 Å². The van der Waals surface area contributed by atoms with Gasteiger partial charge in [0.15, 0.2) is 11.5 Å². The van der Waals surface area contributed by atoms with E-state index in [4.69, 9.17) is 9.47 Å². The highest BCUT2D eigenvalue weighted by Gasteiger charge is 2.11. The maximum atomic E-state index is 12.2. The van der Waals surface area contributed by atoms with Crippen LogP contribution in [-0.4, -0.2) is 19.6 Å². The number of hydrogen-bond acceptors (Lipinski definition) is 4. The Bertz CT molecular complexity index is 669. The summed E-state index contributed by atoms with van der Waals surface area (Å²) < 4.78 is 11.8. The van der Waals surface area contributed by atoms with Crippen LogP contribution in [0.1, 0.15) is 15.2 Å². The van der Waals surface area contributed by atoms with E-state index in [0.29, 0.717) is 30.2 Å². The van der Waals surface area contributed by atoms with E-state index in [-0.39, 0.29) is 5.91 Å². The number of ether oxygens (including phenoxy) is 2. The van der Waals surface area contributed by atoms with Crippen LogP contribution in [0, 0.1) is 0 Å². The molecule has 1 N–H and O–H groups in total. The van der Waals surface area contributed by atoms with E-state index < -0.39 is 0 Å². The molecule has 0 fully saturated rings. The van der Waals surface area contributed by atoms with Crippen LogP contribution in [0.15, 0.2) is 46.8 Å². The highest BCUT2D eigenvalue weighted by Crippen LogP contribution is 2.28. The lowest BCUT2D eigenvalue weighted by Crippen LogP contribution is -2.22. The molecule has 4 nitrogen and oxygen atoms in total. The predicted octanol–water partition coefficient (Wildman–Crippen LogP) is 4.01. The fourth-order valence-electron chi connectivity index (χ4n) is 1.79. The lowest BCUT2D eigenvalue weighted by atomic mass is 10.2. The maximum Gasteiger partial charge on any atom is 0.251 e. The highest BCUT2D eigenvalue weighted by molar-refractivity contribution is 9.11. The van der Waals surface area contributed by atoms with Crippen LogP contribution >= 0.6 is 27.3 Å². The van der Waals surface area contributed by atoms with Crippen LogP contribution in [0.3, 0.4) is 0 Å². The number of amides is 1. The van der Waals surface area contributed by atoms with Crippen LogP contribution in [0.5, 0.6) is 11.5 Å². The molecule has 2 aromatic rings. The van der Waals surface area contributed by atoms with Crippen LogP contribution in [0.25, 0.3) is 0 Å². The summed E-state index contributed by atoms with van der Waals surface area (Å²) in [6.07, 6.45) is 1.65. The molecule has 1 aromatic carbocycles. The third-order valence-corrected chi connectivity index (χ3v) is 4.46. The van der Waals surface area contributed by atoms with Gasteiger partial charge in [0.2, 0.25) is 0 Å². The molecule has 1 amide bonds. The first-order chi connectivity index (χ1) is 10.6. The summed E-state index contributed by atoms with van der Waals surface area (Å²) in [6, 6.07) is 9.03. The van der Waals surface area contributed by atoms with Gasteiger partial charge < -0.3 is 14.8 Å². The second kappa shape index (κ2) is 8.00. The van der Waals surface area contributed by atoms with E-state index >= 15 is 0 Å². The molecule has 1 aromatic heterocycles. The van der Waals surface area contributed by atoms with Crippen LogP contribution in [0.4, 0.5) is 0 Å². The van der Waals surface area contributed by atoms with Gasteiger partial charge in [-0.3, -0.25) is 4.79 Å². The van der Waals surface area contributed by atoms with Crippen molar-refractivity contribution < 1.29 is 14.3 Å². The lowest BCUT2D eigenvalue weighted by Gasteiger charge is -2.11. The van der Waals surface area contributed by atoms with E-state index in [0.717, 1.165) is 8.66 Å². The molecule has 0 aliphatic rings. The SMILES string of the molecule is C=CCOc1ccc(C(=O)NCc2ccc(Br)s2)cc1OC. The monoisotopic (exact) mass is 381 g/mol. The number of rotatable bonds is 7. The Labute approximate surface area is 141 Å². The Hall–Kier alpha value is -1.79. The number of carbonyl (C=O) groups excluding carboxylic acids is 1. The van der Waals surface area contributed by atoms with Crippen LogP contribution < -0.4 is 14.8 Å². The molecule has 0 bridgehead atoms. The van der Waals surface area contributed by atoms with Gasteiger partial charge in [-0.1, -0.05) is 12.7 Å². The highest BCUT2D eigenvalue weighted by atomic mass is 79.9. The minimum absolute atomic E-state index is 0.155. The topological polar surface area (TPSA) is 47.6 Å². The quantitative estimate of drug-likeness (QED) is 0.736. The Kier molecular flexibility index (Phi) is 6.03. The lowest BCUT2D eigenvalue weighted by molar-refractivity contribution is 0.0951. The van der Waals surface area contributed by atoms with Crippen molar-refractivity contribution in [3.05, 3.63) is 57.2 Å². The van der Waals surface area contributed by atoms with Crippen molar-refractivity contribution in [3.8, 4) is 11.5 Å². The normalized spacial score (nSPS) is 10.1. The Morgan fingerprint density at radius 3 is 2.82 bits per heavy atom. The van der Waals surface area contributed by atoms with Gasteiger partial charge in [-0.25, -0.2) is 0 Å². The average Bonchev–Trinajstić information content (AvgIpc) is 2.95. The summed E-state index contributed by atoms with van der Waals surface area (Å²) in [7, 11) is 1.54. The summed E-state index contributed by atoms with van der Waals surface area (Å²) in [4.78, 5) is 13.3. The summed E-state index contributed by atoms with van der Waals surface area (Å²) in [5.74, 6) is 0.951. The summed E-state index contributed by atoms with van der Waals surface area (Å²) >= 11 is 4.99. The second-order valence-electron chi connectivity index (χ2n) is 4.35. The van der Waals surface area contributed by atoms with Crippen molar-refractivity contribution in [2.45, 2.75) is 6.54 Å². The molecule has 0 atom stereocenters. The molecule has 0 saturated carbocycles. The number of methoxy groups -OCH3 is 1. The van der Waals surface area contributed by atoms with Gasteiger partial charge in [-0.2, -0.15) is 0 Å².